The highest BCUT2D eigenvalue weighted by Crippen LogP contribution is 2.31. The Labute approximate surface area is 85.3 Å². The molecule has 0 amide bonds. The second-order valence-corrected chi connectivity index (χ2v) is 4.19. The molecule has 0 saturated heterocycles. The molecule has 0 fully saturated rings. The van der Waals surface area contributed by atoms with E-state index in [0.29, 0.717) is 10.0 Å². The van der Waals surface area contributed by atoms with Gasteiger partial charge in [0.25, 0.3) is 0 Å². The van der Waals surface area contributed by atoms with E-state index in [1.54, 1.807) is 26.0 Å². The first-order valence-electron chi connectivity index (χ1n) is 3.85. The van der Waals surface area contributed by atoms with Crippen LogP contribution >= 0.6 is 15.9 Å². The van der Waals surface area contributed by atoms with Crippen LogP contribution in [0.4, 0.5) is 4.39 Å². The summed E-state index contributed by atoms with van der Waals surface area (Å²) in [5.41, 5.74) is -0.387. The van der Waals surface area contributed by atoms with Crippen LogP contribution in [-0.2, 0) is 5.41 Å². The highest BCUT2D eigenvalue weighted by atomic mass is 79.9. The summed E-state index contributed by atoms with van der Waals surface area (Å²) in [6.07, 6.45) is 0. The number of hydrogen-bond acceptors (Lipinski definition) is 1. The van der Waals surface area contributed by atoms with Gasteiger partial charge in [-0.25, -0.2) is 4.39 Å². The van der Waals surface area contributed by atoms with Crippen LogP contribution in [0.3, 0.4) is 0 Å². The van der Waals surface area contributed by atoms with Gasteiger partial charge in [-0.3, -0.25) is 0 Å². The zero-order chi connectivity index (χ0) is 10.1. The Bertz CT molecular complexity index is 345. The summed E-state index contributed by atoms with van der Waals surface area (Å²) in [4.78, 5) is 0. The van der Waals surface area contributed by atoms with Crippen molar-refractivity contribution in [1.29, 1.82) is 5.26 Å². The van der Waals surface area contributed by atoms with E-state index < -0.39 is 5.41 Å². The molecule has 0 bridgehead atoms. The lowest BCUT2D eigenvalue weighted by atomic mass is 9.86. The van der Waals surface area contributed by atoms with E-state index in [1.807, 2.05) is 0 Å². The van der Waals surface area contributed by atoms with Crippen molar-refractivity contribution in [2.75, 3.05) is 0 Å². The summed E-state index contributed by atoms with van der Waals surface area (Å²) >= 11 is 3.23. The van der Waals surface area contributed by atoms with Gasteiger partial charge in [0.2, 0.25) is 0 Å². The van der Waals surface area contributed by atoms with Crippen LogP contribution < -0.4 is 0 Å². The molecule has 0 aliphatic heterocycles. The Kier molecular flexibility index (Phi) is 2.72. The summed E-state index contributed by atoms with van der Waals surface area (Å²) in [5, 5.41) is 8.86. The van der Waals surface area contributed by atoms with Gasteiger partial charge >= 0.3 is 0 Å². The Morgan fingerprint density at radius 2 is 2.08 bits per heavy atom. The van der Waals surface area contributed by atoms with E-state index in [0.717, 1.165) is 0 Å². The lowest BCUT2D eigenvalue weighted by Crippen LogP contribution is -2.16. The molecule has 3 heteroatoms. The number of hydrogen-bond donors (Lipinski definition) is 0. The quantitative estimate of drug-likeness (QED) is 0.740. The minimum atomic E-state index is -0.801. The van der Waals surface area contributed by atoms with Crippen molar-refractivity contribution >= 4 is 15.9 Å². The number of benzene rings is 1. The number of nitriles is 1. The fourth-order valence-corrected chi connectivity index (χ4v) is 1.99. The zero-order valence-electron chi connectivity index (χ0n) is 7.44. The summed E-state index contributed by atoms with van der Waals surface area (Å²) in [7, 11) is 0. The number of rotatable bonds is 1. The molecule has 0 aliphatic carbocycles. The molecule has 0 radical (unpaired) electrons. The monoisotopic (exact) mass is 241 g/mol. The summed E-state index contributed by atoms with van der Waals surface area (Å²) < 4.78 is 14.0. The zero-order valence-corrected chi connectivity index (χ0v) is 9.02. The highest BCUT2D eigenvalue weighted by Gasteiger charge is 2.25. The van der Waals surface area contributed by atoms with Gasteiger partial charge in [-0.05, 0) is 26.0 Å². The van der Waals surface area contributed by atoms with Gasteiger partial charge in [-0.1, -0.05) is 22.0 Å². The van der Waals surface area contributed by atoms with E-state index in [-0.39, 0.29) is 5.82 Å². The van der Waals surface area contributed by atoms with E-state index in [1.165, 1.54) is 6.07 Å². The maximum atomic E-state index is 13.4. The average Bonchev–Trinajstić information content (AvgIpc) is 2.03. The molecule has 1 rings (SSSR count). The van der Waals surface area contributed by atoms with Crippen LogP contribution in [0.15, 0.2) is 22.7 Å². The highest BCUT2D eigenvalue weighted by molar-refractivity contribution is 9.10. The van der Waals surface area contributed by atoms with Crippen LogP contribution in [0.5, 0.6) is 0 Å². The number of nitrogens with zero attached hydrogens (tertiary/aromatic N) is 1. The third kappa shape index (κ3) is 1.89. The normalized spacial score (nSPS) is 11.0. The fraction of sp³-hybridized carbons (Fsp3) is 0.300. The average molecular weight is 242 g/mol. The van der Waals surface area contributed by atoms with Gasteiger partial charge in [0.1, 0.15) is 5.82 Å². The van der Waals surface area contributed by atoms with Gasteiger partial charge in [-0.15, -0.1) is 0 Å². The third-order valence-corrected chi connectivity index (χ3v) is 2.53. The van der Waals surface area contributed by atoms with E-state index in [4.69, 9.17) is 5.26 Å². The van der Waals surface area contributed by atoms with Gasteiger partial charge < -0.3 is 0 Å². The van der Waals surface area contributed by atoms with Crippen molar-refractivity contribution in [2.45, 2.75) is 19.3 Å². The molecule has 1 aromatic carbocycles. The molecule has 13 heavy (non-hydrogen) atoms. The minimum Gasteiger partial charge on any atom is -0.207 e. The van der Waals surface area contributed by atoms with Crippen molar-refractivity contribution in [3.8, 4) is 6.07 Å². The molecule has 0 spiro atoms. The molecule has 1 aromatic rings. The second kappa shape index (κ2) is 3.47. The Morgan fingerprint density at radius 1 is 1.46 bits per heavy atom. The Hall–Kier alpha value is -0.880. The lowest BCUT2D eigenvalue weighted by molar-refractivity contribution is 0.562. The van der Waals surface area contributed by atoms with Crippen LogP contribution in [0.1, 0.15) is 19.4 Å². The smallest absolute Gasteiger partial charge is 0.129 e. The van der Waals surface area contributed by atoms with Crippen molar-refractivity contribution in [1.82, 2.24) is 0 Å². The van der Waals surface area contributed by atoms with Gasteiger partial charge in [0.15, 0.2) is 0 Å². The van der Waals surface area contributed by atoms with Crippen LogP contribution in [0.25, 0.3) is 0 Å². The topological polar surface area (TPSA) is 23.8 Å². The molecular weight excluding hydrogens is 233 g/mol. The first-order valence-corrected chi connectivity index (χ1v) is 4.64. The second-order valence-electron chi connectivity index (χ2n) is 3.33. The van der Waals surface area contributed by atoms with Gasteiger partial charge in [-0.2, -0.15) is 5.26 Å². The summed E-state index contributed by atoms with van der Waals surface area (Å²) in [6, 6.07) is 6.77. The first kappa shape index (κ1) is 10.2. The molecule has 0 saturated carbocycles. The molecular formula is C10H9BrFN. The molecule has 0 aliphatic rings. The largest absolute Gasteiger partial charge is 0.207 e. The Balaban J connectivity index is 3.38. The predicted molar refractivity (Wildman–Crippen MR) is 52.7 cm³/mol. The van der Waals surface area contributed by atoms with Crippen LogP contribution in [-0.4, -0.2) is 0 Å². The maximum Gasteiger partial charge on any atom is 0.129 e. The molecule has 0 aromatic heterocycles. The van der Waals surface area contributed by atoms with Crippen molar-refractivity contribution in [3.05, 3.63) is 34.1 Å². The maximum absolute atomic E-state index is 13.4. The Morgan fingerprint density at radius 3 is 2.54 bits per heavy atom. The predicted octanol–water partition coefficient (Wildman–Crippen LogP) is 3.39. The van der Waals surface area contributed by atoms with E-state index in [9.17, 15) is 4.39 Å². The SMILES string of the molecule is CC(C)(C#N)c1c(F)cccc1Br. The number of halogens is 2. The molecule has 0 N–H and O–H groups in total. The molecule has 1 nitrogen and oxygen atoms in total. The van der Waals surface area contributed by atoms with Crippen molar-refractivity contribution < 1.29 is 4.39 Å². The third-order valence-electron chi connectivity index (χ3n) is 1.87. The van der Waals surface area contributed by atoms with E-state index >= 15 is 0 Å². The standard InChI is InChI=1S/C10H9BrFN/c1-10(2,6-13)9-7(11)4-3-5-8(9)12/h3-5H,1-2H3. The van der Waals surface area contributed by atoms with E-state index in [2.05, 4.69) is 22.0 Å². The van der Waals surface area contributed by atoms with Gasteiger partial charge in [0.05, 0.1) is 11.5 Å². The lowest BCUT2D eigenvalue weighted by Gasteiger charge is -2.18. The fourth-order valence-electron chi connectivity index (χ4n) is 1.15. The first-order chi connectivity index (χ1) is 5.99. The minimum absolute atomic E-state index is 0.346. The molecule has 68 valence electrons. The van der Waals surface area contributed by atoms with Crippen molar-refractivity contribution in [3.63, 3.8) is 0 Å². The van der Waals surface area contributed by atoms with Gasteiger partial charge in [0, 0.05) is 10.0 Å². The molecule has 0 atom stereocenters. The summed E-state index contributed by atoms with van der Waals surface area (Å²) in [6.45, 7) is 3.38. The molecule has 0 unspecified atom stereocenters. The van der Waals surface area contributed by atoms with Crippen LogP contribution in [0.2, 0.25) is 0 Å². The van der Waals surface area contributed by atoms with Crippen LogP contribution in [0, 0.1) is 17.1 Å². The molecule has 0 heterocycles. The van der Waals surface area contributed by atoms with Crippen molar-refractivity contribution in [2.24, 2.45) is 0 Å². The summed E-state index contributed by atoms with van der Waals surface area (Å²) in [5.74, 6) is -0.346.